The number of amides is 2. The number of benzene rings is 1. The van der Waals surface area contributed by atoms with Gasteiger partial charge in [-0.15, -0.1) is 0 Å². The number of carbonyl (C=O) groups excluding carboxylic acids is 2. The van der Waals surface area contributed by atoms with Crippen LogP contribution in [-0.2, 0) is 4.79 Å². The topological polar surface area (TPSA) is 101 Å². The summed E-state index contributed by atoms with van der Waals surface area (Å²) in [5, 5.41) is 16.3. The largest absolute Gasteiger partial charge is 0.353 e. The number of hydrogen-bond acceptors (Lipinski definition) is 4. The molecule has 0 heterocycles. The van der Waals surface area contributed by atoms with E-state index >= 15 is 0 Å². The lowest BCUT2D eigenvalue weighted by molar-refractivity contribution is -0.384. The number of hydrogen-bond donors (Lipinski definition) is 2. The molecule has 0 bridgehead atoms. The highest BCUT2D eigenvalue weighted by molar-refractivity contribution is 5.94. The van der Waals surface area contributed by atoms with Gasteiger partial charge in [0.15, 0.2) is 0 Å². The Morgan fingerprint density at radius 1 is 1.08 bits per heavy atom. The van der Waals surface area contributed by atoms with Crippen molar-refractivity contribution in [2.45, 2.75) is 51.0 Å². The SMILES string of the molecule is O=C(CCNC(=O)c1ccc([N+](=O)[O-])cc1)NC1CCCCCC1. The van der Waals surface area contributed by atoms with E-state index in [1.54, 1.807) is 0 Å². The highest BCUT2D eigenvalue weighted by Gasteiger charge is 2.15. The smallest absolute Gasteiger partial charge is 0.269 e. The number of nitro groups is 1. The van der Waals surface area contributed by atoms with Gasteiger partial charge in [-0.3, -0.25) is 19.7 Å². The van der Waals surface area contributed by atoms with Gasteiger partial charge in [0.25, 0.3) is 11.6 Å². The van der Waals surface area contributed by atoms with Crippen molar-refractivity contribution < 1.29 is 14.5 Å². The Kier molecular flexibility index (Phi) is 6.72. The van der Waals surface area contributed by atoms with Crippen LogP contribution < -0.4 is 10.6 Å². The Balaban J connectivity index is 1.71. The van der Waals surface area contributed by atoms with Gasteiger partial charge in [-0.05, 0) is 25.0 Å². The van der Waals surface area contributed by atoms with E-state index < -0.39 is 4.92 Å². The minimum atomic E-state index is -0.514. The number of nitro benzene ring substituents is 1. The fraction of sp³-hybridized carbons (Fsp3) is 0.529. The Hall–Kier alpha value is -2.44. The fourth-order valence-electron chi connectivity index (χ4n) is 2.85. The van der Waals surface area contributed by atoms with Crippen LogP contribution >= 0.6 is 0 Å². The van der Waals surface area contributed by atoms with E-state index in [-0.39, 0.29) is 36.5 Å². The van der Waals surface area contributed by atoms with Crippen molar-refractivity contribution in [3.8, 4) is 0 Å². The Morgan fingerprint density at radius 3 is 2.29 bits per heavy atom. The van der Waals surface area contributed by atoms with Gasteiger partial charge in [-0.25, -0.2) is 0 Å². The number of nitrogens with one attached hydrogen (secondary N) is 2. The molecular formula is C17H23N3O4. The third-order valence-corrected chi connectivity index (χ3v) is 4.20. The molecule has 7 heteroatoms. The Labute approximate surface area is 141 Å². The van der Waals surface area contributed by atoms with Crippen molar-refractivity contribution in [3.05, 3.63) is 39.9 Å². The molecule has 2 amide bonds. The van der Waals surface area contributed by atoms with Gasteiger partial charge < -0.3 is 10.6 Å². The summed E-state index contributed by atoms with van der Waals surface area (Å²) in [6.45, 7) is 0.244. The van der Waals surface area contributed by atoms with Gasteiger partial charge in [-0.2, -0.15) is 0 Å². The summed E-state index contributed by atoms with van der Waals surface area (Å²) in [5.41, 5.74) is 0.277. The second kappa shape index (κ2) is 9.00. The van der Waals surface area contributed by atoms with E-state index in [2.05, 4.69) is 10.6 Å². The van der Waals surface area contributed by atoms with Crippen molar-refractivity contribution in [1.29, 1.82) is 0 Å². The molecule has 0 aliphatic heterocycles. The van der Waals surface area contributed by atoms with Crippen LogP contribution in [0.4, 0.5) is 5.69 Å². The molecule has 2 rings (SSSR count). The van der Waals surface area contributed by atoms with Crippen molar-refractivity contribution in [2.75, 3.05) is 6.54 Å². The number of non-ortho nitro benzene ring substituents is 1. The predicted octanol–water partition coefficient (Wildman–Crippen LogP) is 2.55. The lowest BCUT2D eigenvalue weighted by Crippen LogP contribution is -2.36. The maximum absolute atomic E-state index is 11.9. The van der Waals surface area contributed by atoms with Crippen LogP contribution in [0.15, 0.2) is 24.3 Å². The lowest BCUT2D eigenvalue weighted by atomic mass is 10.1. The monoisotopic (exact) mass is 333 g/mol. The summed E-state index contributed by atoms with van der Waals surface area (Å²) >= 11 is 0. The molecule has 0 spiro atoms. The van der Waals surface area contributed by atoms with Crippen LogP contribution in [0.1, 0.15) is 55.3 Å². The number of carbonyl (C=O) groups is 2. The van der Waals surface area contributed by atoms with E-state index in [4.69, 9.17) is 0 Å². The first-order valence-electron chi connectivity index (χ1n) is 8.38. The first-order valence-corrected chi connectivity index (χ1v) is 8.38. The molecule has 24 heavy (non-hydrogen) atoms. The fourth-order valence-corrected chi connectivity index (χ4v) is 2.85. The average molecular weight is 333 g/mol. The van der Waals surface area contributed by atoms with Gasteiger partial charge >= 0.3 is 0 Å². The highest BCUT2D eigenvalue weighted by Crippen LogP contribution is 2.17. The summed E-state index contributed by atoms with van der Waals surface area (Å²) in [6.07, 6.45) is 7.07. The molecule has 1 aliphatic carbocycles. The summed E-state index contributed by atoms with van der Waals surface area (Å²) in [7, 11) is 0. The van der Waals surface area contributed by atoms with E-state index in [0.29, 0.717) is 5.56 Å². The molecule has 1 saturated carbocycles. The van der Waals surface area contributed by atoms with Gasteiger partial charge in [0.2, 0.25) is 5.91 Å². The van der Waals surface area contributed by atoms with Gasteiger partial charge in [-0.1, -0.05) is 25.7 Å². The van der Waals surface area contributed by atoms with Gasteiger partial charge in [0.1, 0.15) is 0 Å². The van der Waals surface area contributed by atoms with E-state index in [9.17, 15) is 19.7 Å². The van der Waals surface area contributed by atoms with E-state index in [1.807, 2.05) is 0 Å². The number of nitrogens with zero attached hydrogens (tertiary/aromatic N) is 1. The van der Waals surface area contributed by atoms with E-state index in [0.717, 1.165) is 25.7 Å². The molecular weight excluding hydrogens is 310 g/mol. The second-order valence-electron chi connectivity index (χ2n) is 6.07. The minimum absolute atomic E-state index is 0.0501. The molecule has 0 saturated heterocycles. The molecule has 0 aromatic heterocycles. The molecule has 0 atom stereocenters. The zero-order valence-corrected chi connectivity index (χ0v) is 13.6. The Bertz CT molecular complexity index is 578. The zero-order valence-electron chi connectivity index (χ0n) is 13.6. The van der Waals surface area contributed by atoms with Crippen LogP contribution in [0.5, 0.6) is 0 Å². The molecule has 130 valence electrons. The first-order chi connectivity index (χ1) is 11.6. The van der Waals surface area contributed by atoms with Crippen molar-refractivity contribution in [3.63, 3.8) is 0 Å². The second-order valence-corrected chi connectivity index (χ2v) is 6.07. The maximum atomic E-state index is 11.9. The normalized spacial score (nSPS) is 15.3. The van der Waals surface area contributed by atoms with Crippen molar-refractivity contribution in [2.24, 2.45) is 0 Å². The highest BCUT2D eigenvalue weighted by atomic mass is 16.6. The molecule has 1 aliphatic rings. The summed E-state index contributed by atoms with van der Waals surface area (Å²) in [6, 6.07) is 5.63. The Morgan fingerprint density at radius 2 is 1.71 bits per heavy atom. The maximum Gasteiger partial charge on any atom is 0.269 e. The molecule has 1 fully saturated rings. The van der Waals surface area contributed by atoms with Crippen LogP contribution in [0.2, 0.25) is 0 Å². The lowest BCUT2D eigenvalue weighted by Gasteiger charge is -2.16. The third kappa shape index (κ3) is 5.64. The van der Waals surface area contributed by atoms with E-state index in [1.165, 1.54) is 37.1 Å². The zero-order chi connectivity index (χ0) is 17.4. The molecule has 7 nitrogen and oxygen atoms in total. The minimum Gasteiger partial charge on any atom is -0.353 e. The van der Waals surface area contributed by atoms with Crippen LogP contribution in [-0.4, -0.2) is 29.3 Å². The first kappa shape index (κ1) is 17.9. The molecule has 1 aromatic carbocycles. The van der Waals surface area contributed by atoms with Gasteiger partial charge in [0, 0.05) is 36.7 Å². The van der Waals surface area contributed by atoms with Crippen LogP contribution in [0.3, 0.4) is 0 Å². The summed E-state index contributed by atoms with van der Waals surface area (Å²) < 4.78 is 0. The molecule has 2 N–H and O–H groups in total. The molecule has 0 unspecified atom stereocenters. The van der Waals surface area contributed by atoms with Crippen molar-refractivity contribution in [1.82, 2.24) is 10.6 Å². The average Bonchev–Trinajstić information content (AvgIpc) is 2.83. The molecule has 1 aromatic rings. The standard InChI is InChI=1S/C17H23N3O4/c21-16(19-14-5-3-1-2-4-6-14)11-12-18-17(22)13-7-9-15(10-8-13)20(23)24/h7-10,14H,1-6,11-12H2,(H,18,22)(H,19,21). The predicted molar refractivity (Wildman–Crippen MR) is 89.7 cm³/mol. The quantitative estimate of drug-likeness (QED) is 0.474. The van der Waals surface area contributed by atoms with Gasteiger partial charge in [0.05, 0.1) is 4.92 Å². The van der Waals surface area contributed by atoms with Crippen LogP contribution in [0.25, 0.3) is 0 Å². The van der Waals surface area contributed by atoms with Crippen molar-refractivity contribution >= 4 is 17.5 Å². The number of rotatable bonds is 6. The summed E-state index contributed by atoms with van der Waals surface area (Å²) in [5.74, 6) is -0.391. The van der Waals surface area contributed by atoms with Crippen LogP contribution in [0, 0.1) is 10.1 Å². The molecule has 0 radical (unpaired) electrons. The summed E-state index contributed by atoms with van der Waals surface area (Å²) in [4.78, 5) is 33.9. The third-order valence-electron chi connectivity index (χ3n) is 4.20.